The number of hydrogen-bond donors (Lipinski definition) is 0. The van der Waals surface area contributed by atoms with Crippen LogP contribution < -0.4 is 0 Å². The number of rotatable bonds is 6. The van der Waals surface area contributed by atoms with Crippen molar-refractivity contribution in [3.05, 3.63) is 98.7 Å². The third-order valence-electron chi connectivity index (χ3n) is 4.86. The molecule has 33 heavy (non-hydrogen) atoms. The van der Waals surface area contributed by atoms with Gasteiger partial charge in [-0.1, -0.05) is 40.9 Å². The van der Waals surface area contributed by atoms with Crippen molar-refractivity contribution in [2.75, 3.05) is 6.61 Å². The Morgan fingerprint density at radius 2 is 1.55 bits per heavy atom. The van der Waals surface area contributed by atoms with Crippen LogP contribution in [0, 0.1) is 6.92 Å². The van der Waals surface area contributed by atoms with Gasteiger partial charge in [0.1, 0.15) is 0 Å². The minimum absolute atomic E-state index is 0.191. The number of hydrogen-bond acceptors (Lipinski definition) is 5. The van der Waals surface area contributed by atoms with Crippen molar-refractivity contribution >= 4 is 46.6 Å². The summed E-state index contributed by atoms with van der Waals surface area (Å²) >= 11 is 18.1. The largest absolute Gasteiger partial charge is 0.451 e. The maximum atomic E-state index is 12.7. The third kappa shape index (κ3) is 5.09. The quantitative estimate of drug-likeness (QED) is 0.231. The predicted octanol–water partition coefficient (Wildman–Crippen LogP) is 6.24. The van der Waals surface area contributed by atoms with E-state index in [2.05, 4.69) is 10.1 Å². The number of ether oxygens (including phenoxy) is 1. The van der Waals surface area contributed by atoms with E-state index in [0.717, 1.165) is 5.56 Å². The SMILES string of the molecule is Cc1c(Cl)cccc1-n1nc(C(=O)OCC(=O)c2ccc(Cl)cc2)nc1-c1ccc(Cl)cc1. The van der Waals surface area contributed by atoms with E-state index >= 15 is 0 Å². The average Bonchev–Trinajstić information content (AvgIpc) is 3.25. The van der Waals surface area contributed by atoms with Crippen LogP contribution in [0.4, 0.5) is 0 Å². The lowest BCUT2D eigenvalue weighted by Gasteiger charge is -2.10. The van der Waals surface area contributed by atoms with Gasteiger partial charge in [0, 0.05) is 26.2 Å². The monoisotopic (exact) mass is 499 g/mol. The van der Waals surface area contributed by atoms with Gasteiger partial charge in [0.05, 0.1) is 5.69 Å². The van der Waals surface area contributed by atoms with Crippen LogP contribution in [0.25, 0.3) is 17.1 Å². The van der Waals surface area contributed by atoms with E-state index in [9.17, 15) is 9.59 Å². The Kier molecular flexibility index (Phi) is 6.79. The number of halogens is 3. The summed E-state index contributed by atoms with van der Waals surface area (Å²) < 4.78 is 6.70. The van der Waals surface area contributed by atoms with Crippen LogP contribution in [0.3, 0.4) is 0 Å². The fourth-order valence-electron chi connectivity index (χ4n) is 3.09. The molecule has 0 unspecified atom stereocenters. The maximum absolute atomic E-state index is 12.7. The normalized spacial score (nSPS) is 10.8. The number of ketones is 1. The van der Waals surface area contributed by atoms with Crippen LogP contribution in [0.15, 0.2) is 66.7 Å². The second-order valence-electron chi connectivity index (χ2n) is 7.07. The van der Waals surface area contributed by atoms with Crippen LogP contribution in [0.2, 0.25) is 15.1 Å². The molecule has 4 rings (SSSR count). The summed E-state index contributed by atoms with van der Waals surface area (Å²) in [6, 6.07) is 18.6. The highest BCUT2D eigenvalue weighted by atomic mass is 35.5. The number of nitrogens with zero attached hydrogens (tertiary/aromatic N) is 3. The zero-order valence-electron chi connectivity index (χ0n) is 17.3. The van der Waals surface area contributed by atoms with Crippen LogP contribution in [0.5, 0.6) is 0 Å². The summed E-state index contributed by atoms with van der Waals surface area (Å²) in [6.07, 6.45) is 0. The highest BCUT2D eigenvalue weighted by Gasteiger charge is 2.22. The smallest absolute Gasteiger partial charge is 0.378 e. The second-order valence-corrected chi connectivity index (χ2v) is 8.35. The van der Waals surface area contributed by atoms with E-state index in [1.54, 1.807) is 60.7 Å². The van der Waals surface area contributed by atoms with Gasteiger partial charge in [-0.2, -0.15) is 0 Å². The molecule has 0 spiro atoms. The van der Waals surface area contributed by atoms with E-state index < -0.39 is 12.6 Å². The fourth-order valence-corrected chi connectivity index (χ4v) is 3.51. The molecule has 4 aromatic rings. The molecule has 0 fully saturated rings. The first-order chi connectivity index (χ1) is 15.8. The van der Waals surface area contributed by atoms with Gasteiger partial charge in [-0.3, -0.25) is 4.79 Å². The number of aromatic nitrogens is 3. The van der Waals surface area contributed by atoms with Crippen molar-refractivity contribution in [1.29, 1.82) is 0 Å². The Bertz CT molecular complexity index is 1330. The summed E-state index contributed by atoms with van der Waals surface area (Å²) in [5, 5.41) is 5.96. The van der Waals surface area contributed by atoms with Gasteiger partial charge in [0.2, 0.25) is 0 Å². The fraction of sp³-hybridized carbons (Fsp3) is 0.0833. The summed E-state index contributed by atoms with van der Waals surface area (Å²) in [5.74, 6) is -0.995. The molecule has 9 heteroatoms. The molecule has 0 atom stereocenters. The Morgan fingerprint density at radius 1 is 0.909 bits per heavy atom. The van der Waals surface area contributed by atoms with Crippen molar-refractivity contribution in [2.24, 2.45) is 0 Å². The minimum atomic E-state index is -0.828. The number of esters is 1. The van der Waals surface area contributed by atoms with E-state index in [1.807, 2.05) is 13.0 Å². The van der Waals surface area contributed by atoms with E-state index in [4.69, 9.17) is 39.5 Å². The van der Waals surface area contributed by atoms with Crippen LogP contribution in [-0.4, -0.2) is 33.1 Å². The molecule has 0 aliphatic rings. The van der Waals surface area contributed by atoms with E-state index in [1.165, 1.54) is 4.68 Å². The second kappa shape index (κ2) is 9.75. The van der Waals surface area contributed by atoms with Gasteiger partial charge in [-0.15, -0.1) is 5.10 Å². The Labute approximate surface area is 204 Å². The number of carbonyl (C=O) groups excluding carboxylic acids is 2. The molecular weight excluding hydrogens is 485 g/mol. The van der Waals surface area contributed by atoms with Crippen molar-refractivity contribution in [2.45, 2.75) is 6.92 Å². The molecule has 1 heterocycles. The molecule has 0 aliphatic heterocycles. The highest BCUT2D eigenvalue weighted by molar-refractivity contribution is 6.31. The first-order valence-electron chi connectivity index (χ1n) is 9.78. The lowest BCUT2D eigenvalue weighted by atomic mass is 10.1. The summed E-state index contributed by atoms with van der Waals surface area (Å²) in [4.78, 5) is 29.4. The maximum Gasteiger partial charge on any atom is 0.378 e. The first kappa shape index (κ1) is 23.0. The first-order valence-corrected chi connectivity index (χ1v) is 10.9. The standard InChI is InChI=1S/C24H16Cl3N3O3/c1-14-19(27)3-2-4-20(14)30-23(16-7-11-18(26)12-8-16)28-22(29-30)24(32)33-13-21(31)15-5-9-17(25)10-6-15/h2-12H,13H2,1H3. The Hall–Kier alpha value is -3.19. The lowest BCUT2D eigenvalue weighted by Crippen LogP contribution is -2.15. The van der Waals surface area contributed by atoms with Crippen molar-refractivity contribution < 1.29 is 14.3 Å². The van der Waals surface area contributed by atoms with Crippen LogP contribution in [0.1, 0.15) is 26.5 Å². The molecule has 0 N–H and O–H groups in total. The van der Waals surface area contributed by atoms with Crippen molar-refractivity contribution in [3.8, 4) is 17.1 Å². The van der Waals surface area contributed by atoms with Crippen molar-refractivity contribution in [3.63, 3.8) is 0 Å². The summed E-state index contributed by atoms with van der Waals surface area (Å²) in [7, 11) is 0. The lowest BCUT2D eigenvalue weighted by molar-refractivity contribution is 0.0462. The zero-order chi connectivity index (χ0) is 23.5. The molecule has 0 saturated heterocycles. The molecule has 3 aromatic carbocycles. The molecule has 1 aromatic heterocycles. The summed E-state index contributed by atoms with van der Waals surface area (Å²) in [5.41, 5.74) is 2.47. The van der Waals surface area contributed by atoms with E-state index in [-0.39, 0.29) is 11.6 Å². The third-order valence-corrected chi connectivity index (χ3v) is 5.77. The van der Waals surface area contributed by atoms with Gasteiger partial charge >= 0.3 is 5.97 Å². The van der Waals surface area contributed by atoms with Gasteiger partial charge in [0.25, 0.3) is 5.82 Å². The van der Waals surface area contributed by atoms with Gasteiger partial charge in [-0.25, -0.2) is 14.5 Å². The Morgan fingerprint density at radius 3 is 2.21 bits per heavy atom. The topological polar surface area (TPSA) is 74.1 Å². The molecule has 6 nitrogen and oxygen atoms in total. The molecule has 0 saturated carbocycles. The number of benzene rings is 3. The molecule has 0 radical (unpaired) electrons. The highest BCUT2D eigenvalue weighted by Crippen LogP contribution is 2.27. The molecule has 0 bridgehead atoms. The van der Waals surface area contributed by atoms with Gasteiger partial charge in [-0.05, 0) is 73.2 Å². The minimum Gasteiger partial charge on any atom is -0.451 e. The van der Waals surface area contributed by atoms with Crippen LogP contribution >= 0.6 is 34.8 Å². The summed E-state index contributed by atoms with van der Waals surface area (Å²) in [6.45, 7) is 1.38. The van der Waals surface area contributed by atoms with E-state index in [0.29, 0.717) is 37.7 Å². The predicted molar refractivity (Wildman–Crippen MR) is 128 cm³/mol. The number of Topliss-reactive ketones (excluding diaryl/α,β-unsaturated/α-hetero) is 1. The van der Waals surface area contributed by atoms with Gasteiger partial charge in [0.15, 0.2) is 18.2 Å². The average molecular weight is 501 g/mol. The van der Waals surface area contributed by atoms with Crippen molar-refractivity contribution in [1.82, 2.24) is 14.8 Å². The molecule has 166 valence electrons. The van der Waals surface area contributed by atoms with Crippen LogP contribution in [-0.2, 0) is 4.74 Å². The molecule has 0 amide bonds. The number of carbonyl (C=O) groups is 2. The molecular formula is C24H16Cl3N3O3. The zero-order valence-corrected chi connectivity index (χ0v) is 19.5. The Balaban J connectivity index is 1.65. The molecule has 0 aliphatic carbocycles. The van der Waals surface area contributed by atoms with Gasteiger partial charge < -0.3 is 4.74 Å².